The molecule has 1 aliphatic carbocycles. The lowest BCUT2D eigenvalue weighted by molar-refractivity contribution is 0.578. The van der Waals surface area contributed by atoms with Crippen LogP contribution in [0.3, 0.4) is 0 Å². The minimum atomic E-state index is -1.07. The van der Waals surface area contributed by atoms with Crippen LogP contribution in [-0.4, -0.2) is 0 Å². The van der Waals surface area contributed by atoms with Gasteiger partial charge < -0.3 is 0 Å². The van der Waals surface area contributed by atoms with Crippen LogP contribution in [0.15, 0.2) is 42.0 Å². The maximum atomic E-state index is 13.7. The third-order valence-electron chi connectivity index (χ3n) is 2.50. The number of halogens is 5. The summed E-state index contributed by atoms with van der Waals surface area (Å²) in [5, 5.41) is -0.704. The molecule has 0 nitrogen and oxygen atoms in total. The minimum absolute atomic E-state index is 0.186. The maximum Gasteiger partial charge on any atom is 0.145 e. The molecule has 1 aromatic carbocycles. The standard InChI is InChI=1S/C13H7ClF4/c1-6-2-8(15)12(9(16)3-6)7-4-10(17)13(14)11(18)5-7/h2,4-5H,1,3H2. The Bertz CT molecular complexity index is 576. The SMILES string of the molecule is C=C1C=C(F)C(c2cc(F)c(Cl)c(F)c2)=C(F)C1. The van der Waals surface area contributed by atoms with E-state index < -0.39 is 33.9 Å². The Kier molecular flexibility index (Phi) is 3.30. The van der Waals surface area contributed by atoms with Crippen molar-refractivity contribution in [3.05, 3.63) is 64.2 Å². The van der Waals surface area contributed by atoms with Crippen molar-refractivity contribution in [1.82, 2.24) is 0 Å². The quantitative estimate of drug-likeness (QED) is 0.493. The van der Waals surface area contributed by atoms with E-state index in [-0.39, 0.29) is 17.6 Å². The molecule has 0 saturated heterocycles. The normalized spacial score (nSPS) is 16.1. The van der Waals surface area contributed by atoms with Crippen LogP contribution in [0.1, 0.15) is 12.0 Å². The van der Waals surface area contributed by atoms with Crippen LogP contribution in [0.25, 0.3) is 5.57 Å². The molecular formula is C13H7ClF4. The highest BCUT2D eigenvalue weighted by Crippen LogP contribution is 2.37. The zero-order valence-corrected chi connectivity index (χ0v) is 9.79. The monoisotopic (exact) mass is 274 g/mol. The molecule has 0 bridgehead atoms. The summed E-state index contributed by atoms with van der Waals surface area (Å²) in [5.41, 5.74) is -0.436. The highest BCUT2D eigenvalue weighted by Gasteiger charge is 2.22. The first-order chi connectivity index (χ1) is 8.40. The molecule has 18 heavy (non-hydrogen) atoms. The molecule has 2 rings (SSSR count). The first kappa shape index (κ1) is 12.9. The first-order valence-corrected chi connectivity index (χ1v) is 5.37. The Morgan fingerprint density at radius 1 is 1.06 bits per heavy atom. The lowest BCUT2D eigenvalue weighted by Gasteiger charge is -2.14. The van der Waals surface area contributed by atoms with Gasteiger partial charge >= 0.3 is 0 Å². The summed E-state index contributed by atoms with van der Waals surface area (Å²) in [5.74, 6) is -3.86. The third-order valence-corrected chi connectivity index (χ3v) is 2.86. The second-order valence-electron chi connectivity index (χ2n) is 3.86. The topological polar surface area (TPSA) is 0 Å². The van der Waals surface area contributed by atoms with Crippen molar-refractivity contribution in [1.29, 1.82) is 0 Å². The van der Waals surface area contributed by atoms with Gasteiger partial charge in [0.2, 0.25) is 0 Å². The van der Waals surface area contributed by atoms with E-state index in [9.17, 15) is 17.6 Å². The van der Waals surface area contributed by atoms with Crippen LogP contribution in [0.2, 0.25) is 5.02 Å². The molecule has 0 fully saturated rings. The number of hydrogen-bond donors (Lipinski definition) is 0. The van der Waals surface area contributed by atoms with Crippen molar-refractivity contribution in [3.8, 4) is 0 Å². The molecular weight excluding hydrogens is 268 g/mol. The maximum absolute atomic E-state index is 13.7. The highest BCUT2D eigenvalue weighted by atomic mass is 35.5. The highest BCUT2D eigenvalue weighted by molar-refractivity contribution is 6.30. The largest absolute Gasteiger partial charge is 0.211 e. The molecule has 0 N–H and O–H groups in total. The number of hydrogen-bond acceptors (Lipinski definition) is 0. The fourth-order valence-corrected chi connectivity index (χ4v) is 1.82. The third kappa shape index (κ3) is 2.20. The van der Waals surface area contributed by atoms with Gasteiger partial charge in [-0.2, -0.15) is 0 Å². The first-order valence-electron chi connectivity index (χ1n) is 4.99. The van der Waals surface area contributed by atoms with Gasteiger partial charge in [0, 0.05) is 12.0 Å². The Morgan fingerprint density at radius 2 is 1.61 bits per heavy atom. The van der Waals surface area contributed by atoms with Crippen LogP contribution >= 0.6 is 11.6 Å². The van der Waals surface area contributed by atoms with E-state index >= 15 is 0 Å². The van der Waals surface area contributed by atoms with Crippen LogP contribution < -0.4 is 0 Å². The zero-order chi connectivity index (χ0) is 13.4. The Morgan fingerprint density at radius 3 is 2.11 bits per heavy atom. The molecule has 94 valence electrons. The molecule has 0 atom stereocenters. The molecule has 0 unspecified atom stereocenters. The zero-order valence-electron chi connectivity index (χ0n) is 9.04. The molecule has 0 spiro atoms. The van der Waals surface area contributed by atoms with Crippen molar-refractivity contribution < 1.29 is 17.6 Å². The van der Waals surface area contributed by atoms with Crippen molar-refractivity contribution >= 4 is 17.2 Å². The van der Waals surface area contributed by atoms with E-state index in [1.165, 1.54) is 0 Å². The van der Waals surface area contributed by atoms with Gasteiger partial charge in [0.15, 0.2) is 0 Å². The number of rotatable bonds is 1. The summed E-state index contributed by atoms with van der Waals surface area (Å²) in [6.07, 6.45) is 0.845. The lowest BCUT2D eigenvalue weighted by atomic mass is 9.95. The Hall–Kier alpha value is -1.55. The number of allylic oxidation sites excluding steroid dienone is 5. The van der Waals surface area contributed by atoms with Gasteiger partial charge in [-0.3, -0.25) is 0 Å². The summed E-state index contributed by atoms with van der Waals surface area (Å²) in [6.45, 7) is 3.43. The Labute approximate surface area is 106 Å². The Balaban J connectivity index is 2.59. The fourth-order valence-electron chi connectivity index (χ4n) is 1.71. The second kappa shape index (κ2) is 4.61. The molecule has 0 aliphatic heterocycles. The van der Waals surface area contributed by atoms with Gasteiger partial charge in [0.05, 0.1) is 0 Å². The van der Waals surface area contributed by atoms with Gasteiger partial charge in [-0.05, 0) is 29.3 Å². The summed E-state index contributed by atoms with van der Waals surface area (Å²) in [7, 11) is 0. The van der Waals surface area contributed by atoms with E-state index in [0.29, 0.717) is 0 Å². The molecule has 0 aromatic heterocycles. The van der Waals surface area contributed by atoms with E-state index in [2.05, 4.69) is 6.58 Å². The fraction of sp³-hybridized carbons (Fsp3) is 0.0769. The van der Waals surface area contributed by atoms with Crippen LogP contribution in [0.4, 0.5) is 17.6 Å². The summed E-state index contributed by atoms with van der Waals surface area (Å²) in [6, 6.07) is 1.59. The van der Waals surface area contributed by atoms with Crippen molar-refractivity contribution in [2.75, 3.05) is 0 Å². The van der Waals surface area contributed by atoms with E-state index in [1.54, 1.807) is 0 Å². The van der Waals surface area contributed by atoms with Crippen molar-refractivity contribution in [3.63, 3.8) is 0 Å². The summed E-state index contributed by atoms with van der Waals surface area (Å²) >= 11 is 5.30. The van der Waals surface area contributed by atoms with Crippen LogP contribution in [-0.2, 0) is 0 Å². The van der Waals surface area contributed by atoms with Gasteiger partial charge in [-0.1, -0.05) is 18.2 Å². The van der Waals surface area contributed by atoms with Crippen LogP contribution in [0, 0.1) is 11.6 Å². The molecule has 0 radical (unpaired) electrons. The smallest absolute Gasteiger partial charge is 0.145 e. The van der Waals surface area contributed by atoms with Gasteiger partial charge in [-0.15, -0.1) is 0 Å². The average Bonchev–Trinajstić information content (AvgIpc) is 2.24. The lowest BCUT2D eigenvalue weighted by Crippen LogP contribution is -1.99. The van der Waals surface area contributed by atoms with Crippen molar-refractivity contribution in [2.24, 2.45) is 0 Å². The minimum Gasteiger partial charge on any atom is -0.211 e. The molecule has 5 heteroatoms. The molecule has 0 amide bonds. The van der Waals surface area contributed by atoms with E-state index in [1.807, 2.05) is 0 Å². The molecule has 0 heterocycles. The van der Waals surface area contributed by atoms with E-state index in [4.69, 9.17) is 11.6 Å². The van der Waals surface area contributed by atoms with Crippen molar-refractivity contribution in [2.45, 2.75) is 6.42 Å². The molecule has 0 saturated carbocycles. The van der Waals surface area contributed by atoms with Gasteiger partial charge in [0.25, 0.3) is 0 Å². The average molecular weight is 275 g/mol. The molecule has 1 aromatic rings. The van der Waals surface area contributed by atoms with E-state index in [0.717, 1.165) is 18.2 Å². The number of benzene rings is 1. The predicted molar refractivity (Wildman–Crippen MR) is 62.3 cm³/mol. The summed E-state index contributed by atoms with van der Waals surface area (Å²) < 4.78 is 53.8. The molecule has 1 aliphatic rings. The predicted octanol–water partition coefficient (Wildman–Crippen LogP) is 5.11. The van der Waals surface area contributed by atoms with Crippen LogP contribution in [0.5, 0.6) is 0 Å². The van der Waals surface area contributed by atoms with Gasteiger partial charge in [-0.25, -0.2) is 17.6 Å². The summed E-state index contributed by atoms with van der Waals surface area (Å²) in [4.78, 5) is 0. The second-order valence-corrected chi connectivity index (χ2v) is 4.24. The van der Waals surface area contributed by atoms with Gasteiger partial charge in [0.1, 0.15) is 28.3 Å².